The summed E-state index contributed by atoms with van der Waals surface area (Å²) in [6, 6.07) is 9.40. The number of carbonyl (C=O) groups excluding carboxylic acids is 1. The van der Waals surface area contributed by atoms with E-state index in [1.54, 1.807) is 0 Å². The molecular formula is C18H26N6O. The molecule has 0 spiro atoms. The van der Waals surface area contributed by atoms with Gasteiger partial charge in [-0.2, -0.15) is 4.98 Å². The molecule has 3 N–H and O–H groups in total. The van der Waals surface area contributed by atoms with Crippen LogP contribution in [0.5, 0.6) is 0 Å². The van der Waals surface area contributed by atoms with E-state index >= 15 is 0 Å². The number of benzene rings is 1. The summed E-state index contributed by atoms with van der Waals surface area (Å²) < 4.78 is 0. The number of amides is 1. The van der Waals surface area contributed by atoms with E-state index in [0.29, 0.717) is 24.6 Å². The first-order chi connectivity index (χ1) is 12.0. The lowest BCUT2D eigenvalue weighted by molar-refractivity contribution is 0.0955. The van der Waals surface area contributed by atoms with Crippen molar-refractivity contribution in [3.8, 4) is 0 Å². The van der Waals surface area contributed by atoms with Crippen LogP contribution in [0.3, 0.4) is 0 Å². The first kappa shape index (κ1) is 18.5. The molecule has 0 aliphatic carbocycles. The zero-order valence-corrected chi connectivity index (χ0v) is 15.3. The molecule has 0 saturated carbocycles. The number of anilines is 3. The van der Waals surface area contributed by atoms with Crippen molar-refractivity contribution in [1.29, 1.82) is 0 Å². The molecule has 7 nitrogen and oxygen atoms in total. The van der Waals surface area contributed by atoms with E-state index in [2.05, 4.69) is 25.9 Å². The number of hydrogen-bond acceptors (Lipinski definition) is 6. The summed E-state index contributed by atoms with van der Waals surface area (Å²) in [4.78, 5) is 22.8. The van der Waals surface area contributed by atoms with Crippen LogP contribution in [-0.4, -0.2) is 49.6 Å². The van der Waals surface area contributed by atoms with Crippen LogP contribution in [0.1, 0.15) is 23.0 Å². The predicted molar refractivity (Wildman–Crippen MR) is 103 cm³/mol. The number of nitrogens with zero attached hydrogens (tertiary/aromatic N) is 3. The smallest absolute Gasteiger partial charge is 0.251 e. The zero-order valence-electron chi connectivity index (χ0n) is 15.3. The molecule has 7 heteroatoms. The van der Waals surface area contributed by atoms with Gasteiger partial charge in [-0.3, -0.25) is 4.79 Å². The van der Waals surface area contributed by atoms with Gasteiger partial charge in [0.1, 0.15) is 5.82 Å². The molecule has 0 fully saturated rings. The van der Waals surface area contributed by atoms with Crippen molar-refractivity contribution < 1.29 is 4.79 Å². The Balaban J connectivity index is 1.81. The largest absolute Gasteiger partial charge is 0.378 e. The van der Waals surface area contributed by atoms with Crippen molar-refractivity contribution in [3.05, 3.63) is 41.6 Å². The molecule has 1 aromatic carbocycles. The van der Waals surface area contributed by atoms with Gasteiger partial charge in [0.25, 0.3) is 5.91 Å². The number of carbonyl (C=O) groups is 1. The molecule has 0 aliphatic rings. The van der Waals surface area contributed by atoms with Gasteiger partial charge in [0, 0.05) is 56.7 Å². The lowest BCUT2D eigenvalue weighted by atomic mass is 10.2. The molecule has 0 bridgehead atoms. The summed E-state index contributed by atoms with van der Waals surface area (Å²) >= 11 is 0. The number of hydrogen-bond donors (Lipinski definition) is 3. The standard InChI is InChI=1S/C18H26N6O/c1-5-19-16-12-13(2)22-18(23-16)21-11-10-20-17(25)14-6-8-15(9-7-14)24(3)4/h6-9,12H,5,10-11H2,1-4H3,(H,20,25)(H2,19,21,22,23). The Morgan fingerprint density at radius 2 is 1.80 bits per heavy atom. The van der Waals surface area contributed by atoms with Crippen molar-refractivity contribution >= 4 is 23.4 Å². The molecule has 0 atom stereocenters. The minimum absolute atomic E-state index is 0.0920. The molecule has 0 saturated heterocycles. The Kier molecular flexibility index (Phi) is 6.56. The molecule has 25 heavy (non-hydrogen) atoms. The van der Waals surface area contributed by atoms with Gasteiger partial charge in [0.05, 0.1) is 0 Å². The van der Waals surface area contributed by atoms with E-state index in [9.17, 15) is 4.79 Å². The molecule has 0 aliphatic heterocycles. The third kappa shape index (κ3) is 5.63. The zero-order chi connectivity index (χ0) is 18.2. The normalized spacial score (nSPS) is 10.2. The number of aryl methyl sites for hydroxylation is 1. The van der Waals surface area contributed by atoms with Crippen LogP contribution in [0.4, 0.5) is 17.5 Å². The van der Waals surface area contributed by atoms with E-state index < -0.39 is 0 Å². The van der Waals surface area contributed by atoms with Gasteiger partial charge in [0.2, 0.25) is 5.95 Å². The third-order valence-electron chi connectivity index (χ3n) is 3.55. The maximum Gasteiger partial charge on any atom is 0.251 e. The fourth-order valence-electron chi connectivity index (χ4n) is 2.28. The maximum atomic E-state index is 12.1. The van der Waals surface area contributed by atoms with Crippen LogP contribution in [-0.2, 0) is 0 Å². The molecule has 2 rings (SSSR count). The van der Waals surface area contributed by atoms with Gasteiger partial charge in [-0.05, 0) is 38.1 Å². The van der Waals surface area contributed by atoms with Gasteiger partial charge < -0.3 is 20.9 Å². The van der Waals surface area contributed by atoms with E-state index in [-0.39, 0.29) is 5.91 Å². The molecule has 0 unspecified atom stereocenters. The second kappa shape index (κ2) is 8.86. The van der Waals surface area contributed by atoms with Crippen molar-refractivity contribution in [2.75, 3.05) is 49.3 Å². The topological polar surface area (TPSA) is 82.2 Å². The Morgan fingerprint density at radius 1 is 1.08 bits per heavy atom. The second-order valence-corrected chi connectivity index (χ2v) is 5.87. The molecule has 2 aromatic rings. The van der Waals surface area contributed by atoms with Crippen LogP contribution in [0.2, 0.25) is 0 Å². The van der Waals surface area contributed by atoms with Crippen LogP contribution in [0, 0.1) is 6.92 Å². The van der Waals surface area contributed by atoms with Crippen molar-refractivity contribution in [1.82, 2.24) is 15.3 Å². The fourth-order valence-corrected chi connectivity index (χ4v) is 2.28. The van der Waals surface area contributed by atoms with Crippen LogP contribution in [0.15, 0.2) is 30.3 Å². The Bertz CT molecular complexity index is 699. The highest BCUT2D eigenvalue weighted by atomic mass is 16.1. The highest BCUT2D eigenvalue weighted by molar-refractivity contribution is 5.94. The van der Waals surface area contributed by atoms with E-state index in [0.717, 1.165) is 23.7 Å². The SMILES string of the molecule is CCNc1cc(C)nc(NCCNC(=O)c2ccc(N(C)C)cc2)n1. The highest BCUT2D eigenvalue weighted by Crippen LogP contribution is 2.12. The molecule has 134 valence electrons. The lowest BCUT2D eigenvalue weighted by Gasteiger charge is -2.13. The minimum Gasteiger partial charge on any atom is -0.378 e. The summed E-state index contributed by atoms with van der Waals surface area (Å²) in [7, 11) is 3.94. The second-order valence-electron chi connectivity index (χ2n) is 5.87. The van der Waals surface area contributed by atoms with Gasteiger partial charge in [-0.25, -0.2) is 4.98 Å². The van der Waals surface area contributed by atoms with E-state index in [1.165, 1.54) is 0 Å². The number of rotatable bonds is 8. The third-order valence-corrected chi connectivity index (χ3v) is 3.55. The molecule has 1 heterocycles. The predicted octanol–water partition coefficient (Wildman–Crippen LogP) is 2.12. The summed E-state index contributed by atoms with van der Waals surface area (Å²) in [5.41, 5.74) is 2.59. The number of aromatic nitrogens is 2. The van der Waals surface area contributed by atoms with E-state index in [4.69, 9.17) is 0 Å². The first-order valence-corrected chi connectivity index (χ1v) is 8.38. The highest BCUT2D eigenvalue weighted by Gasteiger charge is 2.06. The summed E-state index contributed by atoms with van der Waals surface area (Å²) in [6.45, 7) is 5.79. The Labute approximate surface area is 148 Å². The fraction of sp³-hybridized carbons (Fsp3) is 0.389. The van der Waals surface area contributed by atoms with Crippen LogP contribution >= 0.6 is 0 Å². The Morgan fingerprint density at radius 3 is 2.44 bits per heavy atom. The lowest BCUT2D eigenvalue weighted by Crippen LogP contribution is -2.29. The van der Waals surface area contributed by atoms with Crippen molar-refractivity contribution in [2.45, 2.75) is 13.8 Å². The van der Waals surface area contributed by atoms with Gasteiger partial charge in [-0.15, -0.1) is 0 Å². The van der Waals surface area contributed by atoms with Crippen LogP contribution in [0.25, 0.3) is 0 Å². The van der Waals surface area contributed by atoms with Gasteiger partial charge >= 0.3 is 0 Å². The van der Waals surface area contributed by atoms with E-state index in [1.807, 2.05) is 63.2 Å². The Hall–Kier alpha value is -2.83. The van der Waals surface area contributed by atoms with Crippen molar-refractivity contribution in [2.24, 2.45) is 0 Å². The van der Waals surface area contributed by atoms with Crippen LogP contribution < -0.4 is 20.9 Å². The first-order valence-electron chi connectivity index (χ1n) is 8.38. The molecule has 1 amide bonds. The van der Waals surface area contributed by atoms with Gasteiger partial charge in [-0.1, -0.05) is 0 Å². The monoisotopic (exact) mass is 342 g/mol. The quantitative estimate of drug-likeness (QED) is 0.638. The molecule has 1 aromatic heterocycles. The van der Waals surface area contributed by atoms with Crippen molar-refractivity contribution in [3.63, 3.8) is 0 Å². The average molecular weight is 342 g/mol. The molecule has 0 radical (unpaired) electrons. The molecular weight excluding hydrogens is 316 g/mol. The maximum absolute atomic E-state index is 12.1. The minimum atomic E-state index is -0.0920. The summed E-state index contributed by atoms with van der Waals surface area (Å²) in [5, 5.41) is 9.18. The van der Waals surface area contributed by atoms with Gasteiger partial charge in [0.15, 0.2) is 0 Å². The average Bonchev–Trinajstić information content (AvgIpc) is 2.58. The number of nitrogens with one attached hydrogen (secondary N) is 3. The summed E-state index contributed by atoms with van der Waals surface area (Å²) in [5.74, 6) is 1.26. The summed E-state index contributed by atoms with van der Waals surface area (Å²) in [6.07, 6.45) is 0.